The molecule has 1 heterocycles. The van der Waals surface area contributed by atoms with Crippen molar-refractivity contribution in [1.82, 2.24) is 15.5 Å². The molecule has 0 spiro atoms. The van der Waals surface area contributed by atoms with E-state index in [2.05, 4.69) is 10.6 Å². The van der Waals surface area contributed by atoms with Crippen molar-refractivity contribution in [3.05, 3.63) is 35.6 Å². The number of nitrogens with zero attached hydrogens (tertiary/aromatic N) is 1. The van der Waals surface area contributed by atoms with Gasteiger partial charge in [0.25, 0.3) is 0 Å². The van der Waals surface area contributed by atoms with E-state index in [0.29, 0.717) is 0 Å². The molecule has 6 nitrogen and oxygen atoms in total. The van der Waals surface area contributed by atoms with Gasteiger partial charge in [-0.2, -0.15) is 0 Å². The molecule has 1 saturated heterocycles. The van der Waals surface area contributed by atoms with Gasteiger partial charge in [-0.3, -0.25) is 14.9 Å². The van der Waals surface area contributed by atoms with Crippen molar-refractivity contribution in [2.24, 2.45) is 0 Å². The summed E-state index contributed by atoms with van der Waals surface area (Å²) >= 11 is 0. The van der Waals surface area contributed by atoms with Gasteiger partial charge in [0.15, 0.2) is 0 Å². The van der Waals surface area contributed by atoms with Crippen LogP contribution < -0.4 is 10.6 Å². The fourth-order valence-corrected chi connectivity index (χ4v) is 2.50. The number of hydrogen-bond donors (Lipinski definition) is 2. The average Bonchev–Trinajstić information content (AvgIpc) is 3.09. The van der Waals surface area contributed by atoms with Crippen molar-refractivity contribution in [3.63, 3.8) is 0 Å². The maximum Gasteiger partial charge on any atom is 0.325 e. The van der Waals surface area contributed by atoms with Crippen LogP contribution in [-0.2, 0) is 9.59 Å². The summed E-state index contributed by atoms with van der Waals surface area (Å²) in [5, 5.41) is 4.90. The van der Waals surface area contributed by atoms with Gasteiger partial charge in [-0.1, -0.05) is 12.1 Å². The number of rotatable bonds is 4. The van der Waals surface area contributed by atoms with Gasteiger partial charge < -0.3 is 10.2 Å². The van der Waals surface area contributed by atoms with Gasteiger partial charge in [0.2, 0.25) is 11.8 Å². The molecule has 0 aromatic heterocycles. The molecule has 110 valence electrons. The summed E-state index contributed by atoms with van der Waals surface area (Å²) in [5.74, 6) is -0.906. The van der Waals surface area contributed by atoms with E-state index < -0.39 is 11.9 Å². The van der Waals surface area contributed by atoms with E-state index in [1.165, 1.54) is 12.1 Å². The van der Waals surface area contributed by atoms with Gasteiger partial charge in [0, 0.05) is 12.0 Å². The summed E-state index contributed by atoms with van der Waals surface area (Å²) in [4.78, 5) is 35.3. The quantitative estimate of drug-likeness (QED) is 0.786. The molecular weight excluding hydrogens is 277 g/mol. The molecule has 1 aromatic rings. The third-order valence-electron chi connectivity index (χ3n) is 3.62. The standard InChI is InChI=1S/C14H14FN3O3/c15-9-3-1-2-8(4-9)10-5-11(10)16-12(19)6-18-7-13(20)17-14(18)21/h1-4,10-11H,5-7H2,(H,16,19)(H,17,20,21). The van der Waals surface area contributed by atoms with Crippen LogP contribution in [0.15, 0.2) is 24.3 Å². The number of halogens is 1. The number of benzene rings is 1. The summed E-state index contributed by atoms with van der Waals surface area (Å²) in [6.07, 6.45) is 0.750. The SMILES string of the molecule is O=C1CN(CC(=O)NC2CC2c2cccc(F)c2)C(=O)N1. The fraction of sp³-hybridized carbons (Fsp3) is 0.357. The lowest BCUT2D eigenvalue weighted by Crippen LogP contribution is -2.40. The van der Waals surface area contributed by atoms with Crippen molar-refractivity contribution in [3.8, 4) is 0 Å². The highest BCUT2D eigenvalue weighted by Gasteiger charge is 2.40. The number of carbonyl (C=O) groups excluding carboxylic acids is 3. The Morgan fingerprint density at radius 1 is 1.43 bits per heavy atom. The van der Waals surface area contributed by atoms with Crippen molar-refractivity contribution < 1.29 is 18.8 Å². The molecule has 0 radical (unpaired) electrons. The second-order valence-corrected chi connectivity index (χ2v) is 5.28. The molecule has 2 N–H and O–H groups in total. The first-order valence-electron chi connectivity index (χ1n) is 6.66. The van der Waals surface area contributed by atoms with Crippen LogP contribution in [0.1, 0.15) is 17.9 Å². The van der Waals surface area contributed by atoms with E-state index in [4.69, 9.17) is 0 Å². The molecular formula is C14H14FN3O3. The molecule has 4 amide bonds. The molecule has 0 bridgehead atoms. The van der Waals surface area contributed by atoms with Crippen LogP contribution in [0, 0.1) is 5.82 Å². The van der Waals surface area contributed by atoms with E-state index in [0.717, 1.165) is 16.9 Å². The van der Waals surface area contributed by atoms with E-state index in [1.54, 1.807) is 6.07 Å². The maximum atomic E-state index is 13.1. The van der Waals surface area contributed by atoms with Gasteiger partial charge in [0.1, 0.15) is 18.9 Å². The third kappa shape index (κ3) is 3.01. The zero-order chi connectivity index (χ0) is 15.0. The Kier molecular flexibility index (Phi) is 3.32. The minimum Gasteiger partial charge on any atom is -0.351 e. The normalized spacial score (nSPS) is 24.0. The topological polar surface area (TPSA) is 78.5 Å². The number of nitrogens with one attached hydrogen (secondary N) is 2. The highest BCUT2D eigenvalue weighted by atomic mass is 19.1. The first-order chi connectivity index (χ1) is 10.0. The van der Waals surface area contributed by atoms with Crippen LogP contribution in [-0.4, -0.2) is 41.9 Å². The van der Waals surface area contributed by atoms with Gasteiger partial charge in [-0.15, -0.1) is 0 Å². The number of hydrogen-bond acceptors (Lipinski definition) is 3. The Morgan fingerprint density at radius 3 is 2.90 bits per heavy atom. The Bertz CT molecular complexity index is 619. The molecule has 1 aliphatic carbocycles. The Labute approximate surface area is 120 Å². The summed E-state index contributed by atoms with van der Waals surface area (Å²) in [7, 11) is 0. The zero-order valence-corrected chi connectivity index (χ0v) is 11.1. The van der Waals surface area contributed by atoms with E-state index >= 15 is 0 Å². The molecule has 1 aliphatic heterocycles. The van der Waals surface area contributed by atoms with Crippen LogP contribution in [0.3, 0.4) is 0 Å². The molecule has 2 fully saturated rings. The molecule has 2 aliphatic rings. The van der Waals surface area contributed by atoms with Crippen LogP contribution in [0.2, 0.25) is 0 Å². The van der Waals surface area contributed by atoms with E-state index in [1.807, 2.05) is 6.07 Å². The number of carbonyl (C=O) groups is 3. The van der Waals surface area contributed by atoms with Crippen molar-refractivity contribution in [1.29, 1.82) is 0 Å². The smallest absolute Gasteiger partial charge is 0.325 e. The monoisotopic (exact) mass is 291 g/mol. The Balaban J connectivity index is 1.51. The molecule has 2 atom stereocenters. The summed E-state index contributed by atoms with van der Waals surface area (Å²) in [6, 6.07) is 5.72. The second-order valence-electron chi connectivity index (χ2n) is 5.28. The minimum absolute atomic E-state index is 0.0411. The lowest BCUT2D eigenvalue weighted by molar-refractivity contribution is -0.122. The van der Waals surface area contributed by atoms with Crippen LogP contribution in [0.5, 0.6) is 0 Å². The summed E-state index contributed by atoms with van der Waals surface area (Å²) in [5.41, 5.74) is 0.856. The van der Waals surface area contributed by atoms with Crippen LogP contribution >= 0.6 is 0 Å². The first kappa shape index (κ1) is 13.5. The second kappa shape index (κ2) is 5.16. The predicted molar refractivity (Wildman–Crippen MR) is 70.8 cm³/mol. The lowest BCUT2D eigenvalue weighted by atomic mass is 10.1. The van der Waals surface area contributed by atoms with Gasteiger partial charge in [-0.25, -0.2) is 9.18 Å². The van der Waals surface area contributed by atoms with Crippen molar-refractivity contribution in [2.45, 2.75) is 18.4 Å². The summed E-state index contributed by atoms with van der Waals surface area (Å²) in [6.45, 7) is -0.242. The van der Waals surface area contributed by atoms with E-state index in [9.17, 15) is 18.8 Å². The van der Waals surface area contributed by atoms with Crippen molar-refractivity contribution in [2.75, 3.05) is 13.1 Å². The molecule has 1 aromatic carbocycles. The maximum absolute atomic E-state index is 13.1. The molecule has 1 saturated carbocycles. The molecule has 21 heavy (non-hydrogen) atoms. The predicted octanol–water partition coefficient (Wildman–Crippen LogP) is 0.350. The number of amides is 4. The lowest BCUT2D eigenvalue weighted by Gasteiger charge is -2.12. The molecule has 3 rings (SSSR count). The third-order valence-corrected chi connectivity index (χ3v) is 3.62. The first-order valence-corrected chi connectivity index (χ1v) is 6.66. The highest BCUT2D eigenvalue weighted by molar-refractivity contribution is 6.03. The van der Waals surface area contributed by atoms with Crippen LogP contribution in [0.25, 0.3) is 0 Å². The van der Waals surface area contributed by atoms with Gasteiger partial charge >= 0.3 is 6.03 Å². The number of urea groups is 1. The zero-order valence-electron chi connectivity index (χ0n) is 11.1. The Morgan fingerprint density at radius 2 is 2.24 bits per heavy atom. The largest absolute Gasteiger partial charge is 0.351 e. The van der Waals surface area contributed by atoms with Gasteiger partial charge in [-0.05, 0) is 24.1 Å². The Hall–Kier alpha value is -2.44. The van der Waals surface area contributed by atoms with Crippen molar-refractivity contribution >= 4 is 17.8 Å². The average molecular weight is 291 g/mol. The molecule has 7 heteroatoms. The number of imide groups is 1. The molecule has 2 unspecified atom stereocenters. The highest BCUT2D eigenvalue weighted by Crippen LogP contribution is 2.40. The fourth-order valence-electron chi connectivity index (χ4n) is 2.50. The van der Waals surface area contributed by atoms with E-state index in [-0.39, 0.29) is 36.8 Å². The summed E-state index contributed by atoms with van der Waals surface area (Å²) < 4.78 is 13.1. The minimum atomic E-state index is -0.548. The van der Waals surface area contributed by atoms with Crippen LogP contribution in [0.4, 0.5) is 9.18 Å². The van der Waals surface area contributed by atoms with Gasteiger partial charge in [0.05, 0.1) is 0 Å².